The highest BCUT2D eigenvalue weighted by Gasteiger charge is 2.37. The lowest BCUT2D eigenvalue weighted by atomic mass is 9.93. The van der Waals surface area contributed by atoms with E-state index in [2.05, 4.69) is 26.6 Å². The average molecular weight is 433 g/mol. The smallest absolute Gasteiger partial charge is 0.268 e. The van der Waals surface area contributed by atoms with Crippen molar-refractivity contribution in [3.63, 3.8) is 0 Å². The first-order chi connectivity index (χ1) is 13.6. The molecule has 138 valence electrons. The molecule has 1 amide bonds. The number of benzene rings is 3. The summed E-state index contributed by atoms with van der Waals surface area (Å²) in [6, 6.07) is 25.5. The van der Waals surface area contributed by atoms with Crippen molar-refractivity contribution in [2.24, 2.45) is 0 Å². The molecule has 0 bridgehead atoms. The topological polar surface area (TPSA) is 58.2 Å². The van der Waals surface area contributed by atoms with E-state index in [-0.39, 0.29) is 17.4 Å². The van der Waals surface area contributed by atoms with Gasteiger partial charge < -0.3 is 10.6 Å². The van der Waals surface area contributed by atoms with Crippen molar-refractivity contribution in [3.8, 4) is 0 Å². The minimum atomic E-state index is -0.501. The Morgan fingerprint density at radius 2 is 1.46 bits per heavy atom. The number of carbonyl (C=O) groups is 2. The Labute approximate surface area is 171 Å². The number of amides is 1. The van der Waals surface area contributed by atoms with Crippen molar-refractivity contribution in [2.75, 3.05) is 5.32 Å². The van der Waals surface area contributed by atoms with E-state index in [9.17, 15) is 9.59 Å². The number of carbonyl (C=O) groups excluding carboxylic acids is 2. The number of Topliss-reactive ketones (excluding diaryl/α,β-unsaturated/α-hetero) is 1. The summed E-state index contributed by atoms with van der Waals surface area (Å²) in [6.07, 6.45) is 0. The van der Waals surface area contributed by atoms with Crippen LogP contribution in [-0.2, 0) is 4.79 Å². The fourth-order valence-electron chi connectivity index (χ4n) is 3.23. The summed E-state index contributed by atoms with van der Waals surface area (Å²) in [6.45, 7) is 0. The van der Waals surface area contributed by atoms with Gasteiger partial charge in [0.2, 0.25) is 0 Å². The summed E-state index contributed by atoms with van der Waals surface area (Å²) in [5.74, 6) is -0.469. The molecule has 1 atom stereocenters. The van der Waals surface area contributed by atoms with E-state index in [1.165, 1.54) is 0 Å². The number of hydrogen-bond donors (Lipinski definition) is 2. The Bertz CT molecular complexity index is 1040. The van der Waals surface area contributed by atoms with Crippen LogP contribution in [0.3, 0.4) is 0 Å². The van der Waals surface area contributed by atoms with Crippen LogP contribution in [0, 0.1) is 0 Å². The standard InChI is InChI=1S/C23H17BrN2O2/c24-17-11-13-18(14-12-17)25-21-19(22(27)16-9-5-2-6-10-16)20(26-23(21)28)15-7-3-1-4-8-15/h1-14,20,25H,(H,26,28). The van der Waals surface area contributed by atoms with Crippen molar-refractivity contribution < 1.29 is 9.59 Å². The van der Waals surface area contributed by atoms with Gasteiger partial charge in [-0.25, -0.2) is 0 Å². The molecule has 0 saturated carbocycles. The van der Waals surface area contributed by atoms with Crippen LogP contribution in [0.4, 0.5) is 5.69 Å². The summed E-state index contributed by atoms with van der Waals surface area (Å²) in [4.78, 5) is 26.1. The second-order valence-corrected chi connectivity index (χ2v) is 7.35. The summed E-state index contributed by atoms with van der Waals surface area (Å²) < 4.78 is 0.936. The van der Waals surface area contributed by atoms with Gasteiger partial charge in [0.25, 0.3) is 5.91 Å². The van der Waals surface area contributed by atoms with Crippen LogP contribution in [0.15, 0.2) is 101 Å². The third-order valence-electron chi connectivity index (χ3n) is 4.59. The van der Waals surface area contributed by atoms with Gasteiger partial charge in [-0.15, -0.1) is 0 Å². The Hall–Kier alpha value is -3.18. The van der Waals surface area contributed by atoms with Gasteiger partial charge in [-0.2, -0.15) is 0 Å². The molecule has 0 spiro atoms. The Morgan fingerprint density at radius 1 is 0.857 bits per heavy atom. The number of anilines is 1. The second kappa shape index (κ2) is 7.82. The zero-order chi connectivity index (χ0) is 19.5. The van der Waals surface area contributed by atoms with Crippen LogP contribution in [0.1, 0.15) is 22.0 Å². The molecule has 1 heterocycles. The van der Waals surface area contributed by atoms with Crippen molar-refractivity contribution in [1.29, 1.82) is 0 Å². The molecule has 1 aliphatic rings. The number of halogens is 1. The first-order valence-corrected chi connectivity index (χ1v) is 9.65. The minimum absolute atomic E-state index is 0.174. The van der Waals surface area contributed by atoms with E-state index in [1.54, 1.807) is 12.1 Å². The molecular weight excluding hydrogens is 416 g/mol. The fraction of sp³-hybridized carbons (Fsp3) is 0.0435. The maximum absolute atomic E-state index is 13.3. The predicted octanol–water partition coefficient (Wildman–Crippen LogP) is 4.87. The van der Waals surface area contributed by atoms with Gasteiger partial charge in [0.05, 0.1) is 11.6 Å². The third-order valence-corrected chi connectivity index (χ3v) is 5.12. The fourth-order valence-corrected chi connectivity index (χ4v) is 3.49. The molecular formula is C23H17BrN2O2. The summed E-state index contributed by atoms with van der Waals surface area (Å²) in [5, 5.41) is 6.09. The largest absolute Gasteiger partial charge is 0.351 e. The third kappa shape index (κ3) is 3.62. The number of hydrogen-bond acceptors (Lipinski definition) is 3. The minimum Gasteiger partial charge on any atom is -0.351 e. The van der Waals surface area contributed by atoms with E-state index in [0.717, 1.165) is 15.7 Å². The van der Waals surface area contributed by atoms with Gasteiger partial charge in [0, 0.05) is 15.7 Å². The van der Waals surface area contributed by atoms with E-state index in [4.69, 9.17) is 0 Å². The van der Waals surface area contributed by atoms with Gasteiger partial charge in [-0.05, 0) is 29.8 Å². The van der Waals surface area contributed by atoms with Crippen LogP contribution in [0.25, 0.3) is 0 Å². The Morgan fingerprint density at radius 3 is 2.11 bits per heavy atom. The zero-order valence-electron chi connectivity index (χ0n) is 14.9. The second-order valence-electron chi connectivity index (χ2n) is 6.43. The van der Waals surface area contributed by atoms with Gasteiger partial charge in [0.15, 0.2) is 5.78 Å². The van der Waals surface area contributed by atoms with Gasteiger partial charge >= 0.3 is 0 Å². The highest BCUT2D eigenvalue weighted by molar-refractivity contribution is 9.10. The first kappa shape index (κ1) is 18.2. The molecule has 0 radical (unpaired) electrons. The SMILES string of the molecule is O=C1NC(c2ccccc2)C(C(=O)c2ccccc2)=C1Nc1ccc(Br)cc1. The summed E-state index contributed by atoms with van der Waals surface area (Å²) in [5.41, 5.74) is 2.85. The van der Waals surface area contributed by atoms with E-state index < -0.39 is 6.04 Å². The maximum Gasteiger partial charge on any atom is 0.268 e. The lowest BCUT2D eigenvalue weighted by molar-refractivity contribution is -0.117. The predicted molar refractivity (Wildman–Crippen MR) is 113 cm³/mol. The van der Waals surface area contributed by atoms with Gasteiger partial charge in [-0.3, -0.25) is 9.59 Å². The Balaban J connectivity index is 1.81. The molecule has 0 saturated heterocycles. The van der Waals surface area contributed by atoms with Crippen LogP contribution >= 0.6 is 15.9 Å². The lowest BCUT2D eigenvalue weighted by Crippen LogP contribution is -2.24. The molecule has 3 aromatic rings. The molecule has 0 fully saturated rings. The lowest BCUT2D eigenvalue weighted by Gasteiger charge is -2.15. The number of ketones is 1. The van der Waals surface area contributed by atoms with Crippen molar-refractivity contribution >= 4 is 33.3 Å². The summed E-state index contributed by atoms with van der Waals surface area (Å²) >= 11 is 3.40. The molecule has 28 heavy (non-hydrogen) atoms. The van der Waals surface area contributed by atoms with Gasteiger partial charge in [-0.1, -0.05) is 76.6 Å². The van der Waals surface area contributed by atoms with E-state index in [0.29, 0.717) is 11.1 Å². The molecule has 1 aliphatic heterocycles. The van der Waals surface area contributed by atoms with Crippen LogP contribution in [0.2, 0.25) is 0 Å². The maximum atomic E-state index is 13.3. The van der Waals surface area contributed by atoms with Crippen molar-refractivity contribution in [3.05, 3.63) is 112 Å². The monoisotopic (exact) mass is 432 g/mol. The van der Waals surface area contributed by atoms with E-state index in [1.807, 2.05) is 72.8 Å². The first-order valence-electron chi connectivity index (χ1n) is 8.86. The zero-order valence-corrected chi connectivity index (χ0v) is 16.4. The van der Waals surface area contributed by atoms with E-state index >= 15 is 0 Å². The van der Waals surface area contributed by atoms with Crippen molar-refractivity contribution in [2.45, 2.75) is 6.04 Å². The molecule has 1 unspecified atom stereocenters. The molecule has 5 heteroatoms. The average Bonchev–Trinajstić information content (AvgIpc) is 3.06. The molecule has 2 N–H and O–H groups in total. The van der Waals surface area contributed by atoms with Crippen LogP contribution in [-0.4, -0.2) is 11.7 Å². The molecule has 0 aromatic heterocycles. The highest BCUT2D eigenvalue weighted by atomic mass is 79.9. The van der Waals surface area contributed by atoms with Crippen molar-refractivity contribution in [1.82, 2.24) is 5.32 Å². The molecule has 4 nitrogen and oxygen atoms in total. The molecule has 0 aliphatic carbocycles. The quantitative estimate of drug-likeness (QED) is 0.565. The highest BCUT2D eigenvalue weighted by Crippen LogP contribution is 2.33. The van der Waals surface area contributed by atoms with Crippen LogP contribution < -0.4 is 10.6 Å². The Kier molecular flexibility index (Phi) is 5.08. The number of rotatable bonds is 5. The molecule has 3 aromatic carbocycles. The number of nitrogens with one attached hydrogen (secondary N) is 2. The summed E-state index contributed by atoms with van der Waals surface area (Å²) in [7, 11) is 0. The van der Waals surface area contributed by atoms with Crippen LogP contribution in [0.5, 0.6) is 0 Å². The normalized spacial score (nSPS) is 16.0. The molecule has 4 rings (SSSR count). The van der Waals surface area contributed by atoms with Gasteiger partial charge in [0.1, 0.15) is 5.70 Å².